The molecule has 0 spiro atoms. The van der Waals surface area contributed by atoms with Crippen LogP contribution in [0, 0.1) is 6.92 Å². The predicted octanol–water partition coefficient (Wildman–Crippen LogP) is 3.00. The molecule has 0 saturated heterocycles. The summed E-state index contributed by atoms with van der Waals surface area (Å²) in [7, 11) is 0. The maximum Gasteiger partial charge on any atom is 0.419 e. The zero-order valence-corrected chi connectivity index (χ0v) is 11.6. The second-order valence-electron chi connectivity index (χ2n) is 4.01. The van der Waals surface area contributed by atoms with Crippen LogP contribution in [0.25, 0.3) is 0 Å². The molecule has 0 aromatic carbocycles. The van der Waals surface area contributed by atoms with E-state index in [2.05, 4.69) is 31.9 Å². The average molecular weight is 339 g/mol. The van der Waals surface area contributed by atoms with Crippen molar-refractivity contribution in [1.29, 1.82) is 0 Å². The molecule has 0 aliphatic heterocycles. The smallest absolute Gasteiger partial charge is 0.416 e. The van der Waals surface area contributed by atoms with Gasteiger partial charge in [-0.1, -0.05) is 31.9 Å². The Labute approximate surface area is 105 Å². The number of hydrogen-bond donors (Lipinski definition) is 0. The molecule has 3 nitrogen and oxygen atoms in total. The van der Waals surface area contributed by atoms with Crippen molar-refractivity contribution in [1.82, 2.24) is 4.57 Å². The molecule has 15 heavy (non-hydrogen) atoms. The van der Waals surface area contributed by atoms with Crippen LogP contribution in [0.5, 0.6) is 0 Å². The lowest BCUT2D eigenvalue weighted by Crippen LogP contribution is -2.31. The molecule has 1 aliphatic rings. The number of hydrogen-bond acceptors (Lipinski definition) is 2. The van der Waals surface area contributed by atoms with Crippen LogP contribution in [0.15, 0.2) is 15.5 Å². The molecule has 0 radical (unpaired) electrons. The largest absolute Gasteiger partial charge is 0.419 e. The van der Waals surface area contributed by atoms with Gasteiger partial charge in [0.25, 0.3) is 0 Å². The minimum absolute atomic E-state index is 0.231. The van der Waals surface area contributed by atoms with E-state index in [1.54, 1.807) is 4.57 Å². The van der Waals surface area contributed by atoms with Crippen molar-refractivity contribution >= 4 is 31.9 Å². The Morgan fingerprint density at radius 2 is 2.13 bits per heavy atom. The standard InChI is InChI=1S/C10H13Br2NO2/c1-6-5-15-10(14)13(6)7-2-3-8(11)9(12)4-7/h5,7-9H,2-4H2,1H3/t7-,8-,9-/m0/s1. The second kappa shape index (κ2) is 4.45. The molecule has 0 N–H and O–H groups in total. The van der Waals surface area contributed by atoms with Gasteiger partial charge in [0.15, 0.2) is 0 Å². The quantitative estimate of drug-likeness (QED) is 0.738. The van der Waals surface area contributed by atoms with Gasteiger partial charge >= 0.3 is 5.76 Å². The van der Waals surface area contributed by atoms with E-state index < -0.39 is 0 Å². The minimum Gasteiger partial charge on any atom is -0.416 e. The lowest BCUT2D eigenvalue weighted by atomic mass is 9.95. The first kappa shape index (κ1) is 11.5. The number of nitrogens with zero attached hydrogens (tertiary/aromatic N) is 1. The highest BCUT2D eigenvalue weighted by Gasteiger charge is 2.29. The summed E-state index contributed by atoms with van der Waals surface area (Å²) in [5.74, 6) is -0.231. The van der Waals surface area contributed by atoms with Crippen LogP contribution in [0.4, 0.5) is 0 Å². The third kappa shape index (κ3) is 2.23. The van der Waals surface area contributed by atoms with Crippen LogP contribution < -0.4 is 5.76 Å². The van der Waals surface area contributed by atoms with Crippen molar-refractivity contribution < 1.29 is 4.42 Å². The molecule has 1 saturated carbocycles. The summed E-state index contributed by atoms with van der Waals surface area (Å²) in [6.07, 6.45) is 4.61. The van der Waals surface area contributed by atoms with Crippen LogP contribution in [0.2, 0.25) is 0 Å². The highest BCUT2D eigenvalue weighted by molar-refractivity contribution is 9.12. The van der Waals surface area contributed by atoms with Gasteiger partial charge in [0.05, 0.1) is 5.69 Å². The molecule has 84 valence electrons. The summed E-state index contributed by atoms with van der Waals surface area (Å²) < 4.78 is 6.66. The molecule has 5 heteroatoms. The first-order chi connectivity index (χ1) is 7.09. The molecule has 1 fully saturated rings. The van der Waals surface area contributed by atoms with E-state index in [1.807, 2.05) is 6.92 Å². The Balaban J connectivity index is 2.22. The van der Waals surface area contributed by atoms with Crippen LogP contribution in [-0.2, 0) is 0 Å². The van der Waals surface area contributed by atoms with E-state index in [1.165, 1.54) is 6.26 Å². The van der Waals surface area contributed by atoms with Gasteiger partial charge in [-0.3, -0.25) is 4.57 Å². The number of aromatic nitrogens is 1. The normalized spacial score (nSPS) is 31.8. The van der Waals surface area contributed by atoms with Gasteiger partial charge in [-0.2, -0.15) is 0 Å². The Bertz CT molecular complexity index is 398. The topological polar surface area (TPSA) is 35.1 Å². The molecular formula is C10H13Br2NO2. The van der Waals surface area contributed by atoms with Crippen LogP contribution >= 0.6 is 31.9 Å². The molecule has 3 atom stereocenters. The molecular weight excluding hydrogens is 326 g/mol. The molecule has 0 unspecified atom stereocenters. The highest BCUT2D eigenvalue weighted by atomic mass is 79.9. The zero-order valence-electron chi connectivity index (χ0n) is 8.45. The van der Waals surface area contributed by atoms with E-state index in [4.69, 9.17) is 4.42 Å². The van der Waals surface area contributed by atoms with Crippen LogP contribution in [0.3, 0.4) is 0 Å². The Morgan fingerprint density at radius 3 is 2.67 bits per heavy atom. The first-order valence-electron chi connectivity index (χ1n) is 5.04. The van der Waals surface area contributed by atoms with E-state index in [0.29, 0.717) is 9.65 Å². The third-order valence-electron chi connectivity index (χ3n) is 2.94. The lowest BCUT2D eigenvalue weighted by Gasteiger charge is -2.30. The molecule has 2 rings (SSSR count). The fourth-order valence-electron chi connectivity index (χ4n) is 2.12. The van der Waals surface area contributed by atoms with Crippen molar-refractivity contribution in [3.63, 3.8) is 0 Å². The Morgan fingerprint density at radius 1 is 1.40 bits per heavy atom. The van der Waals surface area contributed by atoms with E-state index in [0.717, 1.165) is 25.0 Å². The number of halogens is 2. The summed E-state index contributed by atoms with van der Waals surface area (Å²) in [6.45, 7) is 1.91. The number of oxazole rings is 1. The van der Waals surface area contributed by atoms with Crippen molar-refractivity contribution in [2.24, 2.45) is 0 Å². The lowest BCUT2D eigenvalue weighted by molar-refractivity contribution is 0.341. The van der Waals surface area contributed by atoms with Gasteiger partial charge < -0.3 is 4.42 Å². The van der Waals surface area contributed by atoms with Gasteiger partial charge in [0, 0.05) is 15.7 Å². The van der Waals surface area contributed by atoms with Gasteiger partial charge in [-0.05, 0) is 26.2 Å². The predicted molar refractivity (Wildman–Crippen MR) is 66.0 cm³/mol. The molecule has 0 bridgehead atoms. The first-order valence-corrected chi connectivity index (χ1v) is 6.87. The van der Waals surface area contributed by atoms with E-state index >= 15 is 0 Å². The summed E-state index contributed by atoms with van der Waals surface area (Å²) in [5.41, 5.74) is 0.915. The van der Waals surface area contributed by atoms with Crippen molar-refractivity contribution in [3.05, 3.63) is 22.5 Å². The summed E-state index contributed by atoms with van der Waals surface area (Å²) >= 11 is 7.26. The van der Waals surface area contributed by atoms with Crippen molar-refractivity contribution in [3.8, 4) is 0 Å². The summed E-state index contributed by atoms with van der Waals surface area (Å²) in [6, 6.07) is 0.273. The maximum absolute atomic E-state index is 11.5. The fourth-order valence-corrected chi connectivity index (χ4v) is 3.30. The maximum atomic E-state index is 11.5. The molecule has 0 amide bonds. The third-order valence-corrected chi connectivity index (χ3v) is 5.75. The van der Waals surface area contributed by atoms with E-state index in [-0.39, 0.29) is 11.8 Å². The summed E-state index contributed by atoms with van der Waals surface area (Å²) in [5, 5.41) is 0. The highest BCUT2D eigenvalue weighted by Crippen LogP contribution is 2.36. The summed E-state index contributed by atoms with van der Waals surface area (Å²) in [4.78, 5) is 12.4. The van der Waals surface area contributed by atoms with E-state index in [9.17, 15) is 4.79 Å². The molecule has 1 aliphatic carbocycles. The van der Waals surface area contributed by atoms with Crippen molar-refractivity contribution in [2.75, 3.05) is 0 Å². The van der Waals surface area contributed by atoms with Gasteiger partial charge in [0.2, 0.25) is 0 Å². The van der Waals surface area contributed by atoms with Crippen LogP contribution in [-0.4, -0.2) is 14.2 Å². The fraction of sp³-hybridized carbons (Fsp3) is 0.700. The Kier molecular flexibility index (Phi) is 3.40. The Hall–Kier alpha value is -0.0300. The number of rotatable bonds is 1. The number of aryl methyl sites for hydroxylation is 1. The van der Waals surface area contributed by atoms with Gasteiger partial charge in [0.1, 0.15) is 6.26 Å². The molecule has 1 heterocycles. The molecule has 1 aromatic heterocycles. The monoisotopic (exact) mass is 337 g/mol. The molecule has 1 aromatic rings. The van der Waals surface area contributed by atoms with Crippen LogP contribution in [0.1, 0.15) is 31.0 Å². The SMILES string of the molecule is Cc1coc(=O)n1[C@H]1CC[C@H](Br)[C@@H](Br)C1. The minimum atomic E-state index is -0.231. The number of alkyl halides is 2. The van der Waals surface area contributed by atoms with Gasteiger partial charge in [-0.15, -0.1) is 0 Å². The van der Waals surface area contributed by atoms with Gasteiger partial charge in [-0.25, -0.2) is 4.79 Å². The zero-order chi connectivity index (χ0) is 11.0. The van der Waals surface area contributed by atoms with Crippen molar-refractivity contribution in [2.45, 2.75) is 41.9 Å². The second-order valence-corrected chi connectivity index (χ2v) is 6.36. The average Bonchev–Trinajstić information content (AvgIpc) is 2.52.